The van der Waals surface area contributed by atoms with E-state index in [0.29, 0.717) is 0 Å². The Morgan fingerprint density at radius 2 is 2.00 bits per heavy atom. The smallest absolute Gasteiger partial charge is 0.422 e. The number of carbonyl (C=O) groups is 1. The Hall–Kier alpha value is -0.810. The zero-order valence-electron chi connectivity index (χ0n) is 10.9. The number of hydrogen-bond acceptors (Lipinski definition) is 4. The van der Waals surface area contributed by atoms with Crippen LogP contribution in [0.25, 0.3) is 0 Å². The highest BCUT2D eigenvalue weighted by Gasteiger charge is 2.16. The molecule has 0 aromatic rings. The Balaban J connectivity index is 3.59. The molecule has 0 saturated heterocycles. The predicted molar refractivity (Wildman–Crippen MR) is 63.1 cm³/mol. The van der Waals surface area contributed by atoms with Gasteiger partial charge < -0.3 is 9.47 Å². The van der Waals surface area contributed by atoms with Gasteiger partial charge in [-0.15, -0.1) is 0 Å². The molecule has 0 bridgehead atoms. The molecule has 16 heavy (non-hydrogen) atoms. The third kappa shape index (κ3) is 9.73. The van der Waals surface area contributed by atoms with Crippen LogP contribution in [0.2, 0.25) is 0 Å². The van der Waals surface area contributed by atoms with E-state index in [0.717, 1.165) is 19.4 Å². The lowest BCUT2D eigenvalue weighted by atomic mass is 10.2. The summed E-state index contributed by atoms with van der Waals surface area (Å²) in [6, 6.07) is 0.197. The van der Waals surface area contributed by atoms with E-state index in [4.69, 9.17) is 9.47 Å². The van der Waals surface area contributed by atoms with Gasteiger partial charge in [-0.25, -0.2) is 10.2 Å². The average Bonchev–Trinajstić information content (AvgIpc) is 2.12. The maximum absolute atomic E-state index is 11.3. The molecule has 0 fully saturated rings. The molecule has 1 atom stereocenters. The molecule has 0 saturated carbocycles. The third-order valence-electron chi connectivity index (χ3n) is 1.81. The van der Waals surface area contributed by atoms with Crippen molar-refractivity contribution < 1.29 is 14.3 Å². The van der Waals surface area contributed by atoms with Gasteiger partial charge in [-0.1, -0.05) is 0 Å². The van der Waals surface area contributed by atoms with Gasteiger partial charge in [-0.05, 0) is 40.5 Å². The van der Waals surface area contributed by atoms with Gasteiger partial charge in [0.2, 0.25) is 0 Å². The van der Waals surface area contributed by atoms with Gasteiger partial charge in [0.15, 0.2) is 0 Å². The molecule has 0 aliphatic rings. The van der Waals surface area contributed by atoms with E-state index < -0.39 is 11.7 Å². The summed E-state index contributed by atoms with van der Waals surface area (Å²) in [6.07, 6.45) is 1.44. The van der Waals surface area contributed by atoms with Crippen LogP contribution in [0.3, 0.4) is 0 Å². The van der Waals surface area contributed by atoms with Crippen LogP contribution in [-0.2, 0) is 9.47 Å². The van der Waals surface area contributed by atoms with Crippen molar-refractivity contribution in [3.8, 4) is 0 Å². The standard InChI is InChI=1S/C11H24N2O3/c1-9(7-6-8-15-5)12-13-10(14)16-11(2,3)4/h9,12H,6-8H2,1-5H3,(H,13,14). The number of hydrogen-bond donors (Lipinski definition) is 2. The van der Waals surface area contributed by atoms with Crippen LogP contribution in [0, 0.1) is 0 Å². The number of methoxy groups -OCH3 is 1. The number of amides is 1. The van der Waals surface area contributed by atoms with Crippen molar-refractivity contribution in [1.29, 1.82) is 0 Å². The molecule has 2 N–H and O–H groups in total. The first-order valence-corrected chi connectivity index (χ1v) is 5.58. The van der Waals surface area contributed by atoms with Gasteiger partial charge >= 0.3 is 6.09 Å². The lowest BCUT2D eigenvalue weighted by Gasteiger charge is -2.21. The van der Waals surface area contributed by atoms with Gasteiger partial charge in [0.05, 0.1) is 0 Å². The zero-order valence-corrected chi connectivity index (χ0v) is 10.9. The lowest BCUT2D eigenvalue weighted by Crippen LogP contribution is -2.45. The average molecular weight is 232 g/mol. The van der Waals surface area contributed by atoms with Gasteiger partial charge in [0.25, 0.3) is 0 Å². The molecule has 0 rings (SSSR count). The first kappa shape index (κ1) is 15.2. The van der Waals surface area contributed by atoms with E-state index in [1.807, 2.05) is 27.7 Å². The summed E-state index contributed by atoms with van der Waals surface area (Å²) in [6.45, 7) is 8.21. The second-order valence-electron chi connectivity index (χ2n) is 4.81. The van der Waals surface area contributed by atoms with E-state index in [2.05, 4.69) is 10.9 Å². The summed E-state index contributed by atoms with van der Waals surface area (Å²) in [5.41, 5.74) is 4.93. The minimum Gasteiger partial charge on any atom is -0.443 e. The Bertz CT molecular complexity index is 202. The predicted octanol–water partition coefficient (Wildman–Crippen LogP) is 1.83. The van der Waals surface area contributed by atoms with Crippen molar-refractivity contribution in [2.75, 3.05) is 13.7 Å². The molecule has 0 aliphatic heterocycles. The number of hydrazine groups is 1. The summed E-state index contributed by atoms with van der Waals surface area (Å²) < 4.78 is 10.0. The summed E-state index contributed by atoms with van der Waals surface area (Å²) >= 11 is 0. The van der Waals surface area contributed by atoms with E-state index in [1.165, 1.54) is 0 Å². The third-order valence-corrected chi connectivity index (χ3v) is 1.81. The number of carbonyl (C=O) groups excluding carboxylic acids is 1. The van der Waals surface area contributed by atoms with Crippen LogP contribution >= 0.6 is 0 Å². The molecular formula is C11H24N2O3. The highest BCUT2D eigenvalue weighted by Crippen LogP contribution is 2.06. The number of nitrogens with one attached hydrogen (secondary N) is 2. The number of ether oxygens (including phenoxy) is 2. The second kappa shape index (κ2) is 7.46. The van der Waals surface area contributed by atoms with Crippen molar-refractivity contribution in [1.82, 2.24) is 10.9 Å². The van der Waals surface area contributed by atoms with Crippen molar-refractivity contribution in [2.24, 2.45) is 0 Å². The van der Waals surface area contributed by atoms with Crippen LogP contribution < -0.4 is 10.9 Å². The van der Waals surface area contributed by atoms with E-state index in [-0.39, 0.29) is 6.04 Å². The Labute approximate surface area is 97.8 Å². The SMILES string of the molecule is COCCCC(C)NNC(=O)OC(C)(C)C. The second-order valence-corrected chi connectivity index (χ2v) is 4.81. The number of rotatable bonds is 6. The molecule has 0 spiro atoms. The van der Waals surface area contributed by atoms with E-state index in [1.54, 1.807) is 7.11 Å². The molecule has 0 aromatic carbocycles. The molecule has 0 aliphatic carbocycles. The van der Waals surface area contributed by atoms with Crippen molar-refractivity contribution in [3.05, 3.63) is 0 Å². The van der Waals surface area contributed by atoms with Crippen LogP contribution in [0.15, 0.2) is 0 Å². The molecule has 5 nitrogen and oxygen atoms in total. The molecule has 1 unspecified atom stereocenters. The monoisotopic (exact) mass is 232 g/mol. The van der Waals surface area contributed by atoms with Gasteiger partial charge in [-0.3, -0.25) is 5.43 Å². The molecule has 1 amide bonds. The molecule has 0 aromatic heterocycles. The van der Waals surface area contributed by atoms with Crippen LogP contribution in [0.4, 0.5) is 4.79 Å². The zero-order chi connectivity index (χ0) is 12.6. The fraction of sp³-hybridized carbons (Fsp3) is 0.909. The normalized spacial score (nSPS) is 13.3. The summed E-state index contributed by atoms with van der Waals surface area (Å²) in [4.78, 5) is 11.3. The van der Waals surface area contributed by atoms with Gasteiger partial charge in [0.1, 0.15) is 5.60 Å². The van der Waals surface area contributed by atoms with Gasteiger partial charge in [0, 0.05) is 19.8 Å². The Morgan fingerprint density at radius 1 is 1.38 bits per heavy atom. The first-order valence-electron chi connectivity index (χ1n) is 5.58. The highest BCUT2D eigenvalue weighted by atomic mass is 16.6. The summed E-state index contributed by atoms with van der Waals surface area (Å²) in [5.74, 6) is 0. The minimum atomic E-state index is -0.467. The maximum Gasteiger partial charge on any atom is 0.422 e. The fourth-order valence-electron chi connectivity index (χ4n) is 1.09. The van der Waals surface area contributed by atoms with E-state index in [9.17, 15) is 4.79 Å². The van der Waals surface area contributed by atoms with Crippen molar-refractivity contribution in [2.45, 2.75) is 52.2 Å². The van der Waals surface area contributed by atoms with Gasteiger partial charge in [-0.2, -0.15) is 0 Å². The largest absolute Gasteiger partial charge is 0.443 e. The summed E-state index contributed by atoms with van der Waals surface area (Å²) in [5, 5.41) is 0. The van der Waals surface area contributed by atoms with Crippen LogP contribution in [-0.4, -0.2) is 31.5 Å². The van der Waals surface area contributed by atoms with E-state index >= 15 is 0 Å². The highest BCUT2D eigenvalue weighted by molar-refractivity contribution is 5.66. The molecular weight excluding hydrogens is 208 g/mol. The molecule has 5 heteroatoms. The minimum absolute atomic E-state index is 0.197. The topological polar surface area (TPSA) is 59.6 Å². The van der Waals surface area contributed by atoms with Crippen molar-refractivity contribution >= 4 is 6.09 Å². The molecule has 96 valence electrons. The Kier molecular flexibility index (Phi) is 7.08. The van der Waals surface area contributed by atoms with Crippen LogP contribution in [0.5, 0.6) is 0 Å². The van der Waals surface area contributed by atoms with Crippen molar-refractivity contribution in [3.63, 3.8) is 0 Å². The maximum atomic E-state index is 11.3. The quantitative estimate of drug-likeness (QED) is 0.542. The molecule has 0 radical (unpaired) electrons. The first-order chi connectivity index (χ1) is 7.35. The fourth-order valence-corrected chi connectivity index (χ4v) is 1.09. The Morgan fingerprint density at radius 3 is 2.50 bits per heavy atom. The summed E-state index contributed by atoms with van der Waals surface area (Å²) in [7, 11) is 1.68. The lowest BCUT2D eigenvalue weighted by molar-refractivity contribution is 0.0487. The van der Waals surface area contributed by atoms with Crippen LogP contribution in [0.1, 0.15) is 40.5 Å². The molecule has 0 heterocycles.